The predicted octanol–water partition coefficient (Wildman–Crippen LogP) is 22.8. The van der Waals surface area contributed by atoms with Gasteiger partial charge in [0, 0.05) is 71.3 Å². The lowest BCUT2D eigenvalue weighted by Crippen LogP contribution is -2.20. The van der Waals surface area contributed by atoms with Gasteiger partial charge in [-0.15, -0.1) is 0 Å². The Bertz CT molecular complexity index is 5030. The maximum Gasteiger partial charge on any atom is 0.0541 e. The molecule has 452 valence electrons. The predicted molar refractivity (Wildman–Crippen MR) is 399 cm³/mol. The van der Waals surface area contributed by atoms with Gasteiger partial charge in [0.1, 0.15) is 0 Å². The van der Waals surface area contributed by atoms with E-state index in [0.29, 0.717) is 0 Å². The third-order valence-electron chi connectivity index (χ3n) is 20.3. The lowest BCUT2D eigenvalue weighted by atomic mass is 9.75. The monoisotopic (exact) mass is 1220 g/mol. The summed E-state index contributed by atoms with van der Waals surface area (Å²) in [7, 11) is 0. The molecule has 0 saturated carbocycles. The summed E-state index contributed by atoms with van der Waals surface area (Å²) < 4.78 is 9.65. The highest BCUT2D eigenvalue weighted by molar-refractivity contribution is 6.12. The van der Waals surface area contributed by atoms with E-state index in [0.717, 1.165) is 25.7 Å². The summed E-state index contributed by atoms with van der Waals surface area (Å²) in [6.45, 7) is 4.89. The first kappa shape index (κ1) is 56.1. The summed E-state index contributed by atoms with van der Waals surface area (Å²) in [6, 6.07) is 122. The van der Waals surface area contributed by atoms with Crippen LogP contribution in [-0.4, -0.2) is 18.3 Å². The summed E-state index contributed by atoms with van der Waals surface area (Å²) >= 11 is 0. The highest BCUT2D eigenvalue weighted by Gasteiger charge is 2.27. The summed E-state index contributed by atoms with van der Waals surface area (Å²) in [4.78, 5) is 0. The zero-order valence-corrected chi connectivity index (χ0v) is 53.3. The molecule has 4 heteroatoms. The van der Waals surface area contributed by atoms with E-state index >= 15 is 0 Å². The van der Waals surface area contributed by atoms with Gasteiger partial charge in [-0.05, 0) is 178 Å². The zero-order chi connectivity index (χ0) is 63.1. The van der Waals surface area contributed by atoms with E-state index in [2.05, 4.69) is 360 Å². The molecule has 0 aliphatic heterocycles. The minimum Gasteiger partial charge on any atom is -0.309 e. The highest BCUT2D eigenvalue weighted by Crippen LogP contribution is 2.40. The first-order valence-electron chi connectivity index (χ1n) is 33.4. The maximum absolute atomic E-state index is 2.50. The van der Waals surface area contributed by atoms with Gasteiger partial charge in [0.2, 0.25) is 0 Å². The number of rotatable bonds is 14. The second-order valence-corrected chi connectivity index (χ2v) is 26.6. The van der Waals surface area contributed by atoms with Crippen LogP contribution < -0.4 is 0 Å². The van der Waals surface area contributed by atoms with E-state index in [1.165, 1.54) is 166 Å². The van der Waals surface area contributed by atoms with E-state index in [4.69, 9.17) is 0 Å². The van der Waals surface area contributed by atoms with Gasteiger partial charge in [-0.3, -0.25) is 0 Å². The van der Waals surface area contributed by atoms with Gasteiger partial charge in [-0.25, -0.2) is 0 Å². The Morgan fingerprint density at radius 2 is 0.358 bits per heavy atom. The lowest BCUT2D eigenvalue weighted by Gasteiger charge is -2.29. The zero-order valence-electron chi connectivity index (χ0n) is 53.3. The molecule has 4 nitrogen and oxygen atoms in total. The molecule has 0 spiro atoms. The van der Waals surface area contributed by atoms with Crippen molar-refractivity contribution in [1.29, 1.82) is 0 Å². The second kappa shape index (κ2) is 22.8. The van der Waals surface area contributed by atoms with Crippen molar-refractivity contribution < 1.29 is 0 Å². The number of fused-ring (bicyclic) bond motifs is 12. The minimum atomic E-state index is -0.378. The van der Waals surface area contributed by atoms with E-state index in [1.807, 2.05) is 0 Å². The van der Waals surface area contributed by atoms with Crippen LogP contribution in [0.5, 0.6) is 0 Å². The van der Waals surface area contributed by atoms with E-state index in [-0.39, 0.29) is 5.41 Å². The Morgan fingerprint density at radius 3 is 0.537 bits per heavy atom. The van der Waals surface area contributed by atoms with Gasteiger partial charge in [-0.2, -0.15) is 0 Å². The Morgan fingerprint density at radius 1 is 0.189 bits per heavy atom. The molecule has 0 N–H and O–H groups in total. The van der Waals surface area contributed by atoms with Crippen molar-refractivity contribution in [3.05, 3.63) is 383 Å². The molecular weight excluding hydrogens is 1150 g/mol. The lowest BCUT2D eigenvalue weighted by molar-refractivity contribution is 0.636. The molecule has 4 heterocycles. The molecule has 0 fully saturated rings. The topological polar surface area (TPSA) is 19.7 Å². The first-order valence-corrected chi connectivity index (χ1v) is 33.4. The smallest absolute Gasteiger partial charge is 0.0541 e. The average Bonchev–Trinajstić information content (AvgIpc) is 1.60. The van der Waals surface area contributed by atoms with Gasteiger partial charge >= 0.3 is 0 Å². The number of benzene rings is 14. The number of aromatic nitrogens is 4. The molecule has 0 bridgehead atoms. The molecule has 4 aromatic heterocycles. The summed E-state index contributed by atoms with van der Waals surface area (Å²) in [5, 5.41) is 10.2. The third kappa shape index (κ3) is 9.83. The molecule has 0 radical (unpaired) electrons. The van der Waals surface area contributed by atoms with Gasteiger partial charge in [0.05, 0.1) is 44.1 Å². The number of para-hydroxylation sites is 8. The maximum atomic E-state index is 2.50. The summed E-state index contributed by atoms with van der Waals surface area (Å²) in [6.07, 6.45) is 3.21. The Labute approximate surface area is 553 Å². The van der Waals surface area contributed by atoms with E-state index in [1.54, 1.807) is 0 Å². The van der Waals surface area contributed by atoms with Crippen molar-refractivity contribution >= 4 is 87.2 Å². The van der Waals surface area contributed by atoms with E-state index in [9.17, 15) is 0 Å². The SMILES string of the molecule is CC(C)(c1cc(Cc2ccc(-n3c4ccccc4c4ccccc43)cc2)cc(Cc2ccc(-n3c4ccccc4c4ccccc43)cc2)c1)c1cc(Cc2ccc(-n3c4ccccc4c4ccccc43)cc2)cc(Cc2ccc(-n3c4ccccc4c4ccccc43)cc2)c1. The largest absolute Gasteiger partial charge is 0.309 e. The van der Waals surface area contributed by atoms with Crippen LogP contribution >= 0.6 is 0 Å². The second-order valence-electron chi connectivity index (χ2n) is 26.6. The molecule has 14 aromatic carbocycles. The van der Waals surface area contributed by atoms with Crippen LogP contribution in [0.2, 0.25) is 0 Å². The molecule has 95 heavy (non-hydrogen) atoms. The van der Waals surface area contributed by atoms with Crippen molar-refractivity contribution in [2.24, 2.45) is 0 Å². The third-order valence-corrected chi connectivity index (χ3v) is 20.3. The summed E-state index contributed by atoms with van der Waals surface area (Å²) in [5.41, 5.74) is 27.0. The molecule has 0 atom stereocenters. The Hall–Kier alpha value is -11.7. The molecule has 0 saturated heterocycles. The summed E-state index contributed by atoms with van der Waals surface area (Å²) in [5.74, 6) is 0. The number of hydrogen-bond acceptors (Lipinski definition) is 0. The van der Waals surface area contributed by atoms with Gasteiger partial charge < -0.3 is 18.3 Å². The molecular formula is C91H68N4. The standard InChI is InChI=1S/C91H68N4/c1-91(2,69-57-65(51-61-35-43-71(44-36-61)92-83-27-11-3-19-75(83)76-20-4-12-28-84(76)92)55-66(58-69)52-62-37-45-72(46-38-62)93-85-29-13-5-21-77(85)78-22-6-14-30-86(78)93)70-59-67(53-63-39-47-73(48-40-63)94-87-31-15-7-23-79(87)80-24-8-16-32-88(80)94)56-68(60-70)54-64-41-49-74(50-42-64)95-89-33-17-9-25-81(89)82-26-10-18-34-90(82)95/h3-50,55-60H,51-54H2,1-2H3. The van der Waals surface area contributed by atoms with Crippen LogP contribution in [0, 0.1) is 0 Å². The minimum absolute atomic E-state index is 0.378. The number of hydrogen-bond donors (Lipinski definition) is 0. The van der Waals surface area contributed by atoms with Crippen molar-refractivity contribution in [2.75, 3.05) is 0 Å². The van der Waals surface area contributed by atoms with Gasteiger partial charge in [0.15, 0.2) is 0 Å². The van der Waals surface area contributed by atoms with Crippen molar-refractivity contribution in [2.45, 2.75) is 44.9 Å². The van der Waals surface area contributed by atoms with Gasteiger partial charge in [0.25, 0.3) is 0 Å². The fourth-order valence-corrected chi connectivity index (χ4v) is 15.6. The normalized spacial score (nSPS) is 12.1. The molecule has 18 aromatic rings. The fourth-order valence-electron chi connectivity index (χ4n) is 15.6. The van der Waals surface area contributed by atoms with Crippen molar-refractivity contribution in [3.63, 3.8) is 0 Å². The molecule has 0 unspecified atom stereocenters. The average molecular weight is 1220 g/mol. The first-order chi connectivity index (χ1) is 46.8. The van der Waals surface area contributed by atoms with Crippen LogP contribution in [0.25, 0.3) is 110 Å². The number of nitrogens with zero attached hydrogens (tertiary/aromatic N) is 4. The van der Waals surface area contributed by atoms with Crippen LogP contribution in [0.1, 0.15) is 69.5 Å². The Kier molecular flexibility index (Phi) is 13.5. The van der Waals surface area contributed by atoms with Crippen LogP contribution in [-0.2, 0) is 31.1 Å². The van der Waals surface area contributed by atoms with Gasteiger partial charge in [-0.1, -0.05) is 244 Å². The van der Waals surface area contributed by atoms with E-state index < -0.39 is 0 Å². The molecule has 0 aliphatic rings. The fraction of sp³-hybridized carbons (Fsp3) is 0.0769. The van der Waals surface area contributed by atoms with Crippen LogP contribution in [0.15, 0.2) is 328 Å². The van der Waals surface area contributed by atoms with Crippen LogP contribution in [0.3, 0.4) is 0 Å². The van der Waals surface area contributed by atoms with Crippen molar-refractivity contribution in [1.82, 2.24) is 18.3 Å². The molecule has 0 amide bonds. The Balaban J connectivity index is 0.723. The molecule has 0 aliphatic carbocycles. The molecule has 18 rings (SSSR count). The van der Waals surface area contributed by atoms with Crippen molar-refractivity contribution in [3.8, 4) is 22.7 Å². The van der Waals surface area contributed by atoms with Crippen LogP contribution in [0.4, 0.5) is 0 Å². The quantitative estimate of drug-likeness (QED) is 0.103. The highest BCUT2D eigenvalue weighted by atomic mass is 15.0.